The van der Waals surface area contributed by atoms with E-state index in [0.29, 0.717) is 5.75 Å². The summed E-state index contributed by atoms with van der Waals surface area (Å²) in [5.41, 5.74) is 9.12. The minimum Gasteiger partial charge on any atom is -0.390 e. The van der Waals surface area contributed by atoms with Gasteiger partial charge in [-0.05, 0) is 117 Å². The Labute approximate surface area is 401 Å². The number of aryl methyl sites for hydroxylation is 3. The van der Waals surface area contributed by atoms with E-state index in [2.05, 4.69) is 160 Å². The maximum atomic E-state index is 7.27. The molecule has 8 heteroatoms. The van der Waals surface area contributed by atoms with Crippen molar-refractivity contribution in [3.8, 4) is 22.6 Å². The maximum Gasteiger partial charge on any atom is 0.453 e. The van der Waals surface area contributed by atoms with E-state index < -0.39 is 16.5 Å². The van der Waals surface area contributed by atoms with Crippen molar-refractivity contribution in [1.82, 2.24) is 0 Å². The molecule has 8 rings (SSSR count). The van der Waals surface area contributed by atoms with Crippen LogP contribution in [0.4, 0.5) is 0 Å². The van der Waals surface area contributed by atoms with Crippen LogP contribution in [0, 0.1) is 0 Å². The van der Waals surface area contributed by atoms with Crippen molar-refractivity contribution < 1.29 is 25.8 Å². The van der Waals surface area contributed by atoms with E-state index in [9.17, 15) is 0 Å². The topological polar surface area (TPSA) is 71.0 Å². The second-order valence-corrected chi connectivity index (χ2v) is 20.6. The second-order valence-electron chi connectivity index (χ2n) is 18.6. The summed E-state index contributed by atoms with van der Waals surface area (Å²) in [4.78, 5) is 0. The third-order valence-corrected chi connectivity index (χ3v) is 13.6. The Balaban J connectivity index is 0.000000993. The van der Waals surface area contributed by atoms with E-state index in [0.717, 1.165) is 117 Å². The van der Waals surface area contributed by atoms with Crippen molar-refractivity contribution in [3.63, 3.8) is 0 Å². The van der Waals surface area contributed by atoms with Crippen molar-refractivity contribution in [1.29, 1.82) is 0 Å². The number of hydrogen-bond donors (Lipinski definition) is 0. The highest BCUT2D eigenvalue weighted by Gasteiger charge is 2.31. The molecule has 0 saturated heterocycles. The van der Waals surface area contributed by atoms with Gasteiger partial charge in [-0.25, -0.2) is 0 Å². The molecule has 2 heterocycles. The quantitative estimate of drug-likeness (QED) is 0.0950. The van der Waals surface area contributed by atoms with E-state index in [1.807, 2.05) is 55.5 Å². The van der Waals surface area contributed by atoms with Gasteiger partial charge in [-0.3, -0.25) is 0 Å². The molecular formula is C59H70O6P2. The lowest BCUT2D eigenvalue weighted by atomic mass is 9.80. The second kappa shape index (κ2) is 23.3. The van der Waals surface area contributed by atoms with Crippen LogP contribution in [0.2, 0.25) is 0 Å². The highest BCUT2D eigenvalue weighted by atomic mass is 31.1. The van der Waals surface area contributed by atoms with Crippen molar-refractivity contribution >= 4 is 55.5 Å². The molecule has 352 valence electrons. The van der Waals surface area contributed by atoms with Crippen LogP contribution >= 0.6 is 16.5 Å². The molecule has 67 heavy (non-hydrogen) atoms. The molecule has 0 amide bonds. The number of para-hydroxylation sites is 3. The van der Waals surface area contributed by atoms with E-state index in [1.165, 1.54) is 11.1 Å². The Hall–Kier alpha value is -5.80. The van der Waals surface area contributed by atoms with Gasteiger partial charge in [-0.1, -0.05) is 153 Å². The number of benzene rings is 5. The molecule has 1 aliphatic rings. The molecule has 0 saturated carbocycles. The van der Waals surface area contributed by atoms with Crippen LogP contribution in [0.15, 0.2) is 157 Å². The van der Waals surface area contributed by atoms with Gasteiger partial charge in [0.1, 0.15) is 34.0 Å². The highest BCUT2D eigenvalue weighted by Crippen LogP contribution is 2.52. The molecule has 7 aromatic rings. The summed E-state index contributed by atoms with van der Waals surface area (Å²) < 4.78 is 41.5. The molecule has 0 fully saturated rings. The summed E-state index contributed by atoms with van der Waals surface area (Å²) in [6, 6.07) is 33.5. The summed E-state index contributed by atoms with van der Waals surface area (Å²) >= 11 is 0. The van der Waals surface area contributed by atoms with Crippen LogP contribution in [0.5, 0.6) is 11.5 Å². The van der Waals surface area contributed by atoms with Gasteiger partial charge in [0.05, 0.1) is 0 Å². The molecular weight excluding hydrogens is 867 g/mol. The van der Waals surface area contributed by atoms with Crippen LogP contribution in [0.3, 0.4) is 0 Å². The van der Waals surface area contributed by atoms with Gasteiger partial charge in [-0.15, -0.1) is 13.2 Å². The van der Waals surface area contributed by atoms with Crippen molar-refractivity contribution in [3.05, 3.63) is 174 Å². The Kier molecular flexibility index (Phi) is 17.6. The predicted molar refractivity (Wildman–Crippen MR) is 287 cm³/mol. The summed E-state index contributed by atoms with van der Waals surface area (Å²) in [5.74, 6) is 2.23. The number of fused-ring (bicyclic) bond motifs is 6. The largest absolute Gasteiger partial charge is 0.453 e. The lowest BCUT2D eigenvalue weighted by molar-refractivity contribution is 0.463. The molecule has 1 aliphatic carbocycles. The zero-order valence-corrected chi connectivity index (χ0v) is 43.2. The first-order chi connectivity index (χ1) is 32.3. The van der Waals surface area contributed by atoms with E-state index in [1.54, 1.807) is 0 Å². The highest BCUT2D eigenvalue weighted by molar-refractivity contribution is 7.32. The molecule has 0 N–H and O–H groups in total. The Morgan fingerprint density at radius 1 is 0.612 bits per heavy atom. The first kappa shape index (κ1) is 50.6. The van der Waals surface area contributed by atoms with Crippen LogP contribution in [-0.4, -0.2) is 0 Å². The summed E-state index contributed by atoms with van der Waals surface area (Å²) in [6.07, 6.45) is 19.5. The Bertz CT molecular complexity index is 2890. The first-order valence-electron chi connectivity index (χ1n) is 23.8. The van der Waals surface area contributed by atoms with Crippen LogP contribution in [0.25, 0.3) is 50.1 Å². The zero-order chi connectivity index (χ0) is 48.1. The van der Waals surface area contributed by atoms with Crippen molar-refractivity contribution in [2.75, 3.05) is 0 Å². The molecule has 1 unspecified atom stereocenters. The number of rotatable bonds is 11. The van der Waals surface area contributed by atoms with E-state index in [-0.39, 0.29) is 10.8 Å². The predicted octanol–water partition coefficient (Wildman–Crippen LogP) is 19.9. The smallest absolute Gasteiger partial charge is 0.390 e. The molecule has 5 aromatic carbocycles. The fraction of sp³-hybridized carbons (Fsp3) is 0.322. The Morgan fingerprint density at radius 3 is 1.58 bits per heavy atom. The van der Waals surface area contributed by atoms with Gasteiger partial charge in [0.25, 0.3) is 0 Å². The third-order valence-electron chi connectivity index (χ3n) is 11.6. The summed E-state index contributed by atoms with van der Waals surface area (Å²) in [6.45, 7) is 27.9. The molecule has 0 radical (unpaired) electrons. The minimum atomic E-state index is -1.96. The average Bonchev–Trinajstić information content (AvgIpc) is 3.58. The minimum absolute atomic E-state index is 0.304. The van der Waals surface area contributed by atoms with Crippen molar-refractivity contribution in [2.24, 2.45) is 0 Å². The fourth-order valence-corrected chi connectivity index (χ4v) is 10.4. The molecule has 2 aromatic heterocycles. The number of hydrogen-bond acceptors (Lipinski definition) is 6. The molecule has 0 bridgehead atoms. The van der Waals surface area contributed by atoms with Gasteiger partial charge >= 0.3 is 16.5 Å². The van der Waals surface area contributed by atoms with E-state index in [4.69, 9.17) is 25.8 Å². The number of unbranched alkanes of at least 4 members (excludes halogenated alkanes) is 1. The van der Waals surface area contributed by atoms with Gasteiger partial charge in [0.2, 0.25) is 0 Å². The third kappa shape index (κ3) is 12.4. The summed E-state index contributed by atoms with van der Waals surface area (Å²) in [7, 11) is -3.89. The van der Waals surface area contributed by atoms with Crippen LogP contribution in [-0.2, 0) is 30.1 Å². The molecule has 1 atom stereocenters. The monoisotopic (exact) mass is 936 g/mol. The average molecular weight is 937 g/mol. The number of allylic oxidation sites excluding steroid dienone is 5. The molecule has 6 nitrogen and oxygen atoms in total. The van der Waals surface area contributed by atoms with Crippen LogP contribution < -0.4 is 9.05 Å². The van der Waals surface area contributed by atoms with Gasteiger partial charge in [0.15, 0.2) is 0 Å². The first-order valence-corrected chi connectivity index (χ1v) is 25.9. The Morgan fingerprint density at radius 2 is 1.09 bits per heavy atom. The van der Waals surface area contributed by atoms with Gasteiger partial charge < -0.3 is 25.8 Å². The van der Waals surface area contributed by atoms with E-state index >= 15 is 0 Å². The standard InChI is InChI=1S/C52H56O6P2.C5H10.C2H4/c1-9-11-12-13-22-36-32-42(50(44(34-36)52(6,7)8)58-60-55-47-29-20-16-25-39(47)40-26-17-21-30-48(40)56-60)41-31-35(10-2)33-43(51(3,4)5)49(41)57-59-53-45-27-18-14-23-37(45)38-24-15-19-28-46(38)54-59;1-3-5-4-2;1-2/h9,11,14-16,18-21,23-25,27-34H,10,12-13,17,22,26H2,1-8H3;3,5H,4H2,1-2H3;1-2H2/b11-9-;5-3-;. The zero-order valence-electron chi connectivity index (χ0n) is 41.4. The normalized spacial score (nSPS) is 12.7. The van der Waals surface area contributed by atoms with Gasteiger partial charge in [-0.2, -0.15) is 0 Å². The van der Waals surface area contributed by atoms with Gasteiger partial charge in [0, 0.05) is 44.0 Å². The molecule has 0 spiro atoms. The van der Waals surface area contributed by atoms with Crippen LogP contribution in [0.1, 0.15) is 128 Å². The van der Waals surface area contributed by atoms with Crippen molar-refractivity contribution in [2.45, 2.75) is 125 Å². The lowest BCUT2D eigenvalue weighted by Gasteiger charge is -2.28. The lowest BCUT2D eigenvalue weighted by Crippen LogP contribution is -2.15. The maximum absolute atomic E-state index is 7.27. The fourth-order valence-electron chi connectivity index (χ4n) is 8.17. The SMILES string of the molecule is C/C=C\CC.C/C=C\CCCc1cc(-c2cc(CC)cc(C(C)(C)C)c2Op2oc3ccccc3c3ccccc3o2)c(Op2oc3c(c4ccccc4o2)CCC=C3)c(C(C)(C)C)c1.C=C. The molecule has 0 aliphatic heterocycles. The summed E-state index contributed by atoms with van der Waals surface area (Å²) in [5, 5.41) is 2.98.